The first-order valence-corrected chi connectivity index (χ1v) is 14.8. The van der Waals surface area contributed by atoms with Crippen LogP contribution in [0, 0.1) is 0 Å². The summed E-state index contributed by atoms with van der Waals surface area (Å²) in [7, 11) is 0. The van der Waals surface area contributed by atoms with Crippen molar-refractivity contribution in [1.82, 2.24) is 15.5 Å². The van der Waals surface area contributed by atoms with E-state index in [0.29, 0.717) is 25.3 Å². The zero-order valence-corrected chi connectivity index (χ0v) is 24.4. The number of rotatable bonds is 16. The maximum Gasteiger partial charge on any atom is 0.408 e. The first kappa shape index (κ1) is 32.5. The van der Waals surface area contributed by atoms with Crippen molar-refractivity contribution in [2.24, 2.45) is 0 Å². The standard InChI is InChI=1S/C29H47N3O4S/c1-8-11-13-19-32(27(34)24(17-20-37-7)31-28(35)36-29(4,5)6)25(26(33)30-18-12-9-2)23-16-14-15-22(10-3)21-23/h10,14-16,21,24-25H,3,8-9,11-13,17-20H2,1-2,4-7H3,(H,30,33)(H,31,35). The van der Waals surface area contributed by atoms with Crippen LogP contribution in [0.4, 0.5) is 4.79 Å². The van der Waals surface area contributed by atoms with E-state index in [1.807, 2.05) is 30.5 Å². The lowest BCUT2D eigenvalue weighted by Crippen LogP contribution is -2.53. The van der Waals surface area contributed by atoms with Gasteiger partial charge in [0.15, 0.2) is 0 Å². The number of hydrogen-bond donors (Lipinski definition) is 2. The molecule has 208 valence electrons. The Hall–Kier alpha value is -2.48. The predicted octanol–water partition coefficient (Wildman–Crippen LogP) is 5.95. The second kappa shape index (κ2) is 17.1. The van der Waals surface area contributed by atoms with Crippen molar-refractivity contribution in [3.63, 3.8) is 0 Å². The molecule has 0 saturated heterocycles. The van der Waals surface area contributed by atoms with E-state index < -0.39 is 23.8 Å². The number of thioether (sulfide) groups is 1. The van der Waals surface area contributed by atoms with Gasteiger partial charge in [-0.1, -0.05) is 64.0 Å². The number of hydrogen-bond acceptors (Lipinski definition) is 5. The van der Waals surface area contributed by atoms with E-state index in [9.17, 15) is 14.4 Å². The summed E-state index contributed by atoms with van der Waals surface area (Å²) in [5.41, 5.74) is 0.901. The lowest BCUT2D eigenvalue weighted by molar-refractivity contribution is -0.142. The van der Waals surface area contributed by atoms with E-state index in [4.69, 9.17) is 4.74 Å². The van der Waals surface area contributed by atoms with Crippen LogP contribution in [0.2, 0.25) is 0 Å². The number of unbranched alkanes of at least 4 members (excludes halogenated alkanes) is 3. The fraction of sp³-hybridized carbons (Fsp3) is 0.621. The summed E-state index contributed by atoms with van der Waals surface area (Å²) in [6.45, 7) is 14.3. The lowest BCUT2D eigenvalue weighted by atomic mass is 9.99. The molecule has 7 nitrogen and oxygen atoms in total. The van der Waals surface area contributed by atoms with E-state index in [-0.39, 0.29) is 11.8 Å². The summed E-state index contributed by atoms with van der Waals surface area (Å²) in [6, 6.07) is 5.93. The summed E-state index contributed by atoms with van der Waals surface area (Å²) in [4.78, 5) is 42.0. The van der Waals surface area contributed by atoms with Gasteiger partial charge >= 0.3 is 6.09 Å². The molecule has 2 unspecified atom stereocenters. The summed E-state index contributed by atoms with van der Waals surface area (Å²) in [5.74, 6) is 0.171. The highest BCUT2D eigenvalue weighted by Gasteiger charge is 2.35. The first-order valence-electron chi connectivity index (χ1n) is 13.4. The number of amides is 3. The third kappa shape index (κ3) is 12.1. The smallest absolute Gasteiger partial charge is 0.408 e. The van der Waals surface area contributed by atoms with Gasteiger partial charge in [0.1, 0.15) is 17.7 Å². The number of benzene rings is 1. The molecule has 37 heavy (non-hydrogen) atoms. The van der Waals surface area contributed by atoms with E-state index in [1.54, 1.807) is 43.5 Å². The van der Waals surface area contributed by atoms with Gasteiger partial charge in [-0.15, -0.1) is 0 Å². The van der Waals surface area contributed by atoms with Gasteiger partial charge in [-0.25, -0.2) is 4.79 Å². The molecule has 2 atom stereocenters. The molecule has 2 N–H and O–H groups in total. The molecule has 0 aliphatic carbocycles. The number of alkyl carbamates (subject to hydrolysis) is 1. The topological polar surface area (TPSA) is 87.7 Å². The van der Waals surface area contributed by atoms with Gasteiger partial charge < -0.3 is 20.3 Å². The molecule has 0 heterocycles. The predicted molar refractivity (Wildman–Crippen MR) is 155 cm³/mol. The number of ether oxygens (including phenoxy) is 1. The highest BCUT2D eigenvalue weighted by molar-refractivity contribution is 7.98. The zero-order chi connectivity index (χ0) is 27.8. The van der Waals surface area contributed by atoms with Gasteiger partial charge in [-0.05, 0) is 69.2 Å². The van der Waals surface area contributed by atoms with E-state index >= 15 is 0 Å². The minimum Gasteiger partial charge on any atom is -0.444 e. The molecule has 0 aliphatic rings. The van der Waals surface area contributed by atoms with Gasteiger partial charge in [0.2, 0.25) is 11.8 Å². The Balaban J connectivity index is 3.46. The third-order valence-corrected chi connectivity index (χ3v) is 6.38. The molecule has 3 amide bonds. The molecule has 0 spiro atoms. The molecule has 8 heteroatoms. The molecular formula is C29H47N3O4S. The van der Waals surface area contributed by atoms with Gasteiger partial charge in [0.05, 0.1) is 0 Å². The van der Waals surface area contributed by atoms with Crippen LogP contribution in [0.25, 0.3) is 6.08 Å². The van der Waals surface area contributed by atoms with Crippen LogP contribution < -0.4 is 10.6 Å². The zero-order valence-electron chi connectivity index (χ0n) is 23.6. The van der Waals surface area contributed by atoms with Crippen molar-refractivity contribution in [2.45, 2.75) is 90.8 Å². The minimum atomic E-state index is -0.821. The molecule has 0 bridgehead atoms. The van der Waals surface area contributed by atoms with Crippen molar-refractivity contribution in [1.29, 1.82) is 0 Å². The maximum absolute atomic E-state index is 14.1. The van der Waals surface area contributed by atoms with E-state index in [2.05, 4.69) is 31.1 Å². The Morgan fingerprint density at radius 1 is 1.14 bits per heavy atom. The lowest BCUT2D eigenvalue weighted by Gasteiger charge is -2.34. The second-order valence-corrected chi connectivity index (χ2v) is 11.1. The van der Waals surface area contributed by atoms with Crippen LogP contribution in [0.3, 0.4) is 0 Å². The first-order chi connectivity index (χ1) is 17.6. The van der Waals surface area contributed by atoms with Crippen LogP contribution in [0.5, 0.6) is 0 Å². The molecule has 0 fully saturated rings. The Labute approximate surface area is 228 Å². The number of carbonyl (C=O) groups excluding carboxylic acids is 3. The van der Waals surface area contributed by atoms with Crippen molar-refractivity contribution < 1.29 is 19.1 Å². The van der Waals surface area contributed by atoms with Crippen molar-refractivity contribution >= 4 is 35.7 Å². The molecule has 1 aromatic carbocycles. The number of carbonyl (C=O) groups is 3. The number of nitrogens with zero attached hydrogens (tertiary/aromatic N) is 1. The van der Waals surface area contributed by atoms with Crippen LogP contribution in [-0.4, -0.2) is 59.5 Å². The van der Waals surface area contributed by atoms with Gasteiger partial charge in [0, 0.05) is 13.1 Å². The Morgan fingerprint density at radius 2 is 1.84 bits per heavy atom. The van der Waals surface area contributed by atoms with E-state index in [0.717, 1.165) is 43.2 Å². The summed E-state index contributed by atoms with van der Waals surface area (Å²) in [6.07, 6.45) is 7.94. The van der Waals surface area contributed by atoms with Crippen molar-refractivity contribution in [2.75, 3.05) is 25.1 Å². The highest BCUT2D eigenvalue weighted by atomic mass is 32.2. The highest BCUT2D eigenvalue weighted by Crippen LogP contribution is 2.25. The minimum absolute atomic E-state index is 0.222. The summed E-state index contributed by atoms with van der Waals surface area (Å²) >= 11 is 1.60. The number of nitrogens with one attached hydrogen (secondary N) is 2. The maximum atomic E-state index is 14.1. The fourth-order valence-corrected chi connectivity index (χ4v) is 4.33. The van der Waals surface area contributed by atoms with Gasteiger partial charge in [-0.3, -0.25) is 9.59 Å². The Kier molecular flexibility index (Phi) is 15.0. The van der Waals surface area contributed by atoms with E-state index in [1.165, 1.54) is 0 Å². The molecule has 1 rings (SSSR count). The third-order valence-electron chi connectivity index (χ3n) is 5.74. The quantitative estimate of drug-likeness (QED) is 0.256. The molecule has 1 aromatic rings. The molecule has 0 aromatic heterocycles. The largest absolute Gasteiger partial charge is 0.444 e. The normalized spacial score (nSPS) is 12.8. The monoisotopic (exact) mass is 533 g/mol. The second-order valence-electron chi connectivity index (χ2n) is 10.1. The fourth-order valence-electron chi connectivity index (χ4n) is 3.86. The average Bonchev–Trinajstić information content (AvgIpc) is 2.84. The van der Waals surface area contributed by atoms with Crippen molar-refractivity contribution in [3.05, 3.63) is 42.0 Å². The van der Waals surface area contributed by atoms with Gasteiger partial charge in [-0.2, -0.15) is 11.8 Å². The summed E-state index contributed by atoms with van der Waals surface area (Å²) < 4.78 is 5.45. The molecular weight excluding hydrogens is 486 g/mol. The Bertz CT molecular complexity index is 869. The van der Waals surface area contributed by atoms with Crippen LogP contribution in [0.15, 0.2) is 30.8 Å². The average molecular weight is 534 g/mol. The molecule has 0 radical (unpaired) electrons. The SMILES string of the molecule is C=Cc1cccc(C(C(=O)NCCCC)N(CCCCC)C(=O)C(CCSC)NC(=O)OC(C)(C)C)c1. The molecule has 0 aliphatic heterocycles. The van der Waals surface area contributed by atoms with Crippen molar-refractivity contribution in [3.8, 4) is 0 Å². The summed E-state index contributed by atoms with van der Waals surface area (Å²) in [5, 5.41) is 5.81. The Morgan fingerprint density at radius 3 is 2.43 bits per heavy atom. The van der Waals surface area contributed by atoms with Crippen LogP contribution in [-0.2, 0) is 14.3 Å². The molecule has 0 saturated carbocycles. The van der Waals surface area contributed by atoms with Crippen LogP contribution in [0.1, 0.15) is 90.3 Å². The van der Waals surface area contributed by atoms with Gasteiger partial charge in [0.25, 0.3) is 0 Å². The van der Waals surface area contributed by atoms with Crippen LogP contribution >= 0.6 is 11.8 Å².